The summed E-state index contributed by atoms with van der Waals surface area (Å²) in [7, 11) is 0. The Kier molecular flexibility index (Phi) is 6.36. The second kappa shape index (κ2) is 8.49. The second-order valence-electron chi connectivity index (χ2n) is 6.18. The van der Waals surface area contributed by atoms with Gasteiger partial charge in [-0.1, -0.05) is 49.4 Å². The van der Waals surface area contributed by atoms with Crippen LogP contribution in [0.5, 0.6) is 0 Å². The monoisotopic (exact) mass is 311 g/mol. The molecule has 2 aromatic rings. The maximum atomic E-state index is 12.2. The van der Waals surface area contributed by atoms with Crippen LogP contribution in [-0.4, -0.2) is 12.5 Å². The van der Waals surface area contributed by atoms with Crippen LogP contribution in [-0.2, 0) is 16.1 Å². The van der Waals surface area contributed by atoms with Crippen LogP contribution in [0.3, 0.4) is 0 Å². The fourth-order valence-corrected chi connectivity index (χ4v) is 2.40. The molecule has 0 bridgehead atoms. The zero-order valence-electron chi connectivity index (χ0n) is 14.1. The molecule has 0 aliphatic carbocycles. The molecule has 1 amide bonds. The molecular weight excluding hydrogens is 286 g/mol. The molecule has 122 valence electrons. The van der Waals surface area contributed by atoms with E-state index in [1.165, 1.54) is 0 Å². The second-order valence-corrected chi connectivity index (χ2v) is 6.18. The molecule has 1 atom stereocenters. The van der Waals surface area contributed by atoms with Gasteiger partial charge < -0.3 is 10.1 Å². The Hall–Kier alpha value is -2.13. The molecular formula is C20H25NO2. The highest BCUT2D eigenvalue weighted by Crippen LogP contribution is 2.17. The van der Waals surface area contributed by atoms with E-state index in [0.29, 0.717) is 19.6 Å². The summed E-state index contributed by atoms with van der Waals surface area (Å²) in [5.74, 6) is 0.221. The highest BCUT2D eigenvalue weighted by molar-refractivity contribution is 5.91. The minimum absolute atomic E-state index is 0.0366. The maximum Gasteiger partial charge on any atom is 0.224 e. The molecule has 0 heterocycles. The molecule has 2 rings (SSSR count). The number of amides is 1. The molecule has 0 fully saturated rings. The molecule has 1 unspecified atom stereocenters. The average molecular weight is 311 g/mol. The SMILES string of the molecule is Cc1ccc(C)c(NC(=O)CC(C)COCc2ccccc2)c1. The smallest absolute Gasteiger partial charge is 0.224 e. The Bertz CT molecular complexity index is 637. The van der Waals surface area contributed by atoms with Gasteiger partial charge in [-0.25, -0.2) is 0 Å². The molecule has 2 aromatic carbocycles. The quantitative estimate of drug-likeness (QED) is 0.818. The van der Waals surface area contributed by atoms with Gasteiger partial charge in [0.2, 0.25) is 5.91 Å². The highest BCUT2D eigenvalue weighted by Gasteiger charge is 2.11. The Balaban J connectivity index is 1.75. The molecule has 0 aromatic heterocycles. The van der Waals surface area contributed by atoms with Crippen LogP contribution >= 0.6 is 0 Å². The third kappa shape index (κ3) is 5.87. The van der Waals surface area contributed by atoms with Gasteiger partial charge >= 0.3 is 0 Å². The molecule has 3 nitrogen and oxygen atoms in total. The summed E-state index contributed by atoms with van der Waals surface area (Å²) in [5, 5.41) is 3.00. The summed E-state index contributed by atoms with van der Waals surface area (Å²) in [6, 6.07) is 16.1. The van der Waals surface area contributed by atoms with E-state index in [4.69, 9.17) is 4.74 Å². The van der Waals surface area contributed by atoms with Crippen molar-refractivity contribution in [2.24, 2.45) is 5.92 Å². The van der Waals surface area contributed by atoms with Crippen LogP contribution in [0.15, 0.2) is 48.5 Å². The zero-order chi connectivity index (χ0) is 16.7. The first-order valence-electron chi connectivity index (χ1n) is 8.03. The molecule has 3 heteroatoms. The lowest BCUT2D eigenvalue weighted by molar-refractivity contribution is -0.117. The lowest BCUT2D eigenvalue weighted by Crippen LogP contribution is -2.18. The molecule has 0 radical (unpaired) electrons. The summed E-state index contributed by atoms with van der Waals surface area (Å²) in [6.45, 7) is 7.23. The van der Waals surface area contributed by atoms with E-state index in [-0.39, 0.29) is 11.8 Å². The summed E-state index contributed by atoms with van der Waals surface area (Å²) < 4.78 is 5.70. The number of ether oxygens (including phenoxy) is 1. The number of hydrogen-bond acceptors (Lipinski definition) is 2. The van der Waals surface area contributed by atoms with Gasteiger partial charge in [-0.2, -0.15) is 0 Å². The van der Waals surface area contributed by atoms with Crippen molar-refractivity contribution in [2.45, 2.75) is 33.8 Å². The summed E-state index contributed by atoms with van der Waals surface area (Å²) in [5.41, 5.74) is 4.27. The van der Waals surface area contributed by atoms with E-state index < -0.39 is 0 Å². The van der Waals surface area contributed by atoms with Crippen LogP contribution in [0.4, 0.5) is 5.69 Å². The van der Waals surface area contributed by atoms with Crippen molar-refractivity contribution in [3.05, 3.63) is 65.2 Å². The van der Waals surface area contributed by atoms with Crippen LogP contribution in [0, 0.1) is 19.8 Å². The number of rotatable bonds is 7. The molecule has 0 aliphatic heterocycles. The zero-order valence-corrected chi connectivity index (χ0v) is 14.1. The third-order valence-corrected chi connectivity index (χ3v) is 3.71. The van der Waals surface area contributed by atoms with E-state index in [0.717, 1.165) is 22.4 Å². The van der Waals surface area contributed by atoms with Crippen molar-refractivity contribution < 1.29 is 9.53 Å². The molecule has 0 saturated heterocycles. The van der Waals surface area contributed by atoms with Crippen molar-refractivity contribution in [1.29, 1.82) is 0 Å². The summed E-state index contributed by atoms with van der Waals surface area (Å²) in [6.07, 6.45) is 0.460. The molecule has 0 aliphatic rings. The van der Waals surface area contributed by atoms with Crippen LogP contribution in [0.25, 0.3) is 0 Å². The number of aryl methyl sites for hydroxylation is 2. The minimum Gasteiger partial charge on any atom is -0.376 e. The van der Waals surface area contributed by atoms with E-state index in [2.05, 4.69) is 5.32 Å². The van der Waals surface area contributed by atoms with Gasteiger partial charge in [0.15, 0.2) is 0 Å². The fourth-order valence-electron chi connectivity index (χ4n) is 2.40. The van der Waals surface area contributed by atoms with Crippen molar-refractivity contribution in [3.63, 3.8) is 0 Å². The van der Waals surface area contributed by atoms with Crippen molar-refractivity contribution >= 4 is 11.6 Å². The largest absolute Gasteiger partial charge is 0.376 e. The lowest BCUT2D eigenvalue weighted by Gasteiger charge is -2.14. The van der Waals surface area contributed by atoms with Gasteiger partial charge in [0, 0.05) is 12.1 Å². The Labute approximate surface area is 138 Å². The lowest BCUT2D eigenvalue weighted by atomic mass is 10.1. The number of nitrogens with one attached hydrogen (secondary N) is 1. The van der Waals surface area contributed by atoms with E-state index >= 15 is 0 Å². The van der Waals surface area contributed by atoms with Gasteiger partial charge in [-0.15, -0.1) is 0 Å². The average Bonchev–Trinajstić information content (AvgIpc) is 2.52. The predicted octanol–water partition coefficient (Wildman–Crippen LogP) is 4.48. The van der Waals surface area contributed by atoms with Gasteiger partial charge in [0.1, 0.15) is 0 Å². The summed E-state index contributed by atoms with van der Waals surface area (Å²) in [4.78, 5) is 12.2. The number of carbonyl (C=O) groups is 1. The van der Waals surface area contributed by atoms with Crippen molar-refractivity contribution in [3.8, 4) is 0 Å². The van der Waals surface area contributed by atoms with Gasteiger partial charge in [-0.05, 0) is 42.5 Å². The molecule has 0 saturated carbocycles. The van der Waals surface area contributed by atoms with E-state index in [1.807, 2.05) is 69.3 Å². The van der Waals surface area contributed by atoms with Gasteiger partial charge in [-0.3, -0.25) is 4.79 Å². The van der Waals surface area contributed by atoms with E-state index in [9.17, 15) is 4.79 Å². The Morgan fingerprint density at radius 1 is 1.13 bits per heavy atom. The molecule has 23 heavy (non-hydrogen) atoms. The van der Waals surface area contributed by atoms with Gasteiger partial charge in [0.25, 0.3) is 0 Å². The molecule has 1 N–H and O–H groups in total. The first-order valence-corrected chi connectivity index (χ1v) is 8.03. The molecule has 0 spiro atoms. The first kappa shape index (κ1) is 17.2. The van der Waals surface area contributed by atoms with Crippen LogP contribution < -0.4 is 5.32 Å². The summed E-state index contributed by atoms with van der Waals surface area (Å²) >= 11 is 0. The third-order valence-electron chi connectivity index (χ3n) is 3.71. The van der Waals surface area contributed by atoms with Crippen molar-refractivity contribution in [1.82, 2.24) is 0 Å². The topological polar surface area (TPSA) is 38.3 Å². The van der Waals surface area contributed by atoms with Crippen molar-refractivity contribution in [2.75, 3.05) is 11.9 Å². The maximum absolute atomic E-state index is 12.2. The Morgan fingerprint density at radius 2 is 1.87 bits per heavy atom. The minimum atomic E-state index is 0.0366. The number of anilines is 1. The van der Waals surface area contributed by atoms with E-state index in [1.54, 1.807) is 0 Å². The number of carbonyl (C=O) groups excluding carboxylic acids is 1. The number of benzene rings is 2. The number of hydrogen-bond donors (Lipinski definition) is 1. The van der Waals surface area contributed by atoms with Gasteiger partial charge in [0.05, 0.1) is 13.2 Å². The fraction of sp³-hybridized carbons (Fsp3) is 0.350. The normalized spacial score (nSPS) is 12.0. The standard InChI is InChI=1S/C20H25NO2/c1-15-9-10-17(3)19(11-15)21-20(22)12-16(2)13-23-14-18-7-5-4-6-8-18/h4-11,16H,12-14H2,1-3H3,(H,21,22). The van der Waals surface area contributed by atoms with Crippen LogP contribution in [0.1, 0.15) is 30.0 Å². The Morgan fingerprint density at radius 3 is 2.61 bits per heavy atom. The predicted molar refractivity (Wildman–Crippen MR) is 94.4 cm³/mol. The van der Waals surface area contributed by atoms with Crippen LogP contribution in [0.2, 0.25) is 0 Å². The first-order chi connectivity index (χ1) is 11.0. The highest BCUT2D eigenvalue weighted by atomic mass is 16.5.